The van der Waals surface area contributed by atoms with Gasteiger partial charge in [-0.05, 0) is 47.7 Å². The topological polar surface area (TPSA) is 55.6 Å². The van der Waals surface area contributed by atoms with Crippen molar-refractivity contribution in [3.8, 4) is 11.1 Å². The van der Waals surface area contributed by atoms with E-state index < -0.39 is 11.7 Å². The molecule has 8 heteroatoms. The van der Waals surface area contributed by atoms with Gasteiger partial charge in [-0.15, -0.1) is 0 Å². The maximum Gasteiger partial charge on any atom is 0.417 e. The van der Waals surface area contributed by atoms with Crippen LogP contribution in [0.3, 0.4) is 0 Å². The van der Waals surface area contributed by atoms with Gasteiger partial charge in [0.15, 0.2) is 5.58 Å². The zero-order valence-electron chi connectivity index (χ0n) is 18.8. The molecule has 0 unspecified atom stereocenters. The molecule has 1 aliphatic rings. The smallest absolute Gasteiger partial charge is 0.417 e. The molecule has 1 fully saturated rings. The predicted octanol–water partition coefficient (Wildman–Crippen LogP) is 6.39. The lowest BCUT2D eigenvalue weighted by molar-refractivity contribution is -0.138. The molecule has 5 rings (SSSR count). The van der Waals surface area contributed by atoms with Crippen LogP contribution in [-0.4, -0.2) is 28.9 Å². The van der Waals surface area contributed by atoms with Crippen LogP contribution in [-0.2, 0) is 22.3 Å². The predicted molar refractivity (Wildman–Crippen MR) is 124 cm³/mol. The molecule has 1 aromatic heterocycles. The number of rotatable bonds is 6. The Labute approximate surface area is 200 Å². The summed E-state index contributed by atoms with van der Waals surface area (Å²) in [4.78, 5) is 19.1. The number of fused-ring (bicyclic) bond motifs is 1. The van der Waals surface area contributed by atoms with Crippen LogP contribution in [0.4, 0.5) is 13.2 Å². The van der Waals surface area contributed by atoms with E-state index in [4.69, 9.17) is 9.15 Å². The Kier molecular flexibility index (Phi) is 6.30. The Hall–Kier alpha value is -3.65. The molecule has 1 saturated heterocycles. The van der Waals surface area contributed by atoms with E-state index in [1.54, 1.807) is 29.2 Å². The normalized spacial score (nSPS) is 16.2. The second kappa shape index (κ2) is 9.54. The average Bonchev–Trinajstić information content (AvgIpc) is 3.51. The third-order valence-electron chi connectivity index (χ3n) is 6.14. The third kappa shape index (κ3) is 4.93. The first kappa shape index (κ1) is 23.1. The minimum absolute atomic E-state index is 0.0516. The molecule has 1 aliphatic heterocycles. The second-order valence-electron chi connectivity index (χ2n) is 8.50. The van der Waals surface area contributed by atoms with Gasteiger partial charge in [0.2, 0.25) is 11.8 Å². The highest BCUT2D eigenvalue weighted by atomic mass is 19.4. The average molecular weight is 480 g/mol. The van der Waals surface area contributed by atoms with Gasteiger partial charge in [0.25, 0.3) is 0 Å². The van der Waals surface area contributed by atoms with Gasteiger partial charge in [0, 0.05) is 6.54 Å². The molecule has 1 atom stereocenters. The summed E-state index contributed by atoms with van der Waals surface area (Å²) in [6.07, 6.45) is -2.97. The number of ether oxygens (including phenoxy) is 1. The van der Waals surface area contributed by atoms with E-state index in [1.165, 1.54) is 12.1 Å². The van der Waals surface area contributed by atoms with Gasteiger partial charge in [-0.25, -0.2) is 4.98 Å². The van der Waals surface area contributed by atoms with Gasteiger partial charge in [-0.3, -0.25) is 4.79 Å². The van der Waals surface area contributed by atoms with E-state index in [0.29, 0.717) is 42.1 Å². The van der Waals surface area contributed by atoms with Crippen LogP contribution in [0.2, 0.25) is 0 Å². The standard InChI is InChI=1S/C27H23F3N2O3/c28-27(29,30)21-10-5-4-9-20(21)19-12-13-24-22(15-19)31-26(35-24)23-11-6-14-32(23)25(33)17-34-16-18-7-2-1-3-8-18/h1-5,7-10,12-13,15,23H,6,11,14,16-17H2/t23-/m0/s1. The molecular weight excluding hydrogens is 457 g/mol. The number of aromatic nitrogens is 1. The zero-order chi connectivity index (χ0) is 24.4. The van der Waals surface area contributed by atoms with Crippen molar-refractivity contribution in [1.29, 1.82) is 0 Å². The first-order valence-corrected chi connectivity index (χ1v) is 11.4. The summed E-state index contributed by atoms with van der Waals surface area (Å²) in [5, 5.41) is 0. The van der Waals surface area contributed by atoms with Crippen molar-refractivity contribution in [2.24, 2.45) is 0 Å². The van der Waals surface area contributed by atoms with E-state index in [1.807, 2.05) is 30.3 Å². The van der Waals surface area contributed by atoms with Crippen molar-refractivity contribution >= 4 is 17.0 Å². The summed E-state index contributed by atoms with van der Waals surface area (Å²) >= 11 is 0. The number of amides is 1. The van der Waals surface area contributed by atoms with Crippen molar-refractivity contribution in [2.45, 2.75) is 31.7 Å². The van der Waals surface area contributed by atoms with Crippen LogP contribution in [0.25, 0.3) is 22.2 Å². The van der Waals surface area contributed by atoms with Crippen LogP contribution in [0.5, 0.6) is 0 Å². The molecule has 0 spiro atoms. The molecule has 4 aromatic rings. The lowest BCUT2D eigenvalue weighted by Gasteiger charge is -2.22. The Morgan fingerprint density at radius 1 is 1.06 bits per heavy atom. The number of benzene rings is 3. The van der Waals surface area contributed by atoms with Crippen LogP contribution in [0.15, 0.2) is 77.2 Å². The molecule has 3 aromatic carbocycles. The Bertz CT molecular complexity index is 1330. The van der Waals surface area contributed by atoms with E-state index in [9.17, 15) is 18.0 Å². The molecular formula is C27H23F3N2O3. The quantitative estimate of drug-likeness (QED) is 0.321. The van der Waals surface area contributed by atoms with Crippen molar-refractivity contribution in [2.75, 3.05) is 13.2 Å². The maximum absolute atomic E-state index is 13.5. The summed E-state index contributed by atoms with van der Waals surface area (Å²) in [7, 11) is 0. The molecule has 0 aliphatic carbocycles. The van der Waals surface area contributed by atoms with Crippen molar-refractivity contribution in [3.05, 3.63) is 89.8 Å². The van der Waals surface area contributed by atoms with Crippen LogP contribution >= 0.6 is 0 Å². The fourth-order valence-corrected chi connectivity index (χ4v) is 4.47. The van der Waals surface area contributed by atoms with Crippen LogP contribution < -0.4 is 0 Å². The molecule has 0 radical (unpaired) electrons. The number of hydrogen-bond acceptors (Lipinski definition) is 4. The molecule has 0 bridgehead atoms. The summed E-state index contributed by atoms with van der Waals surface area (Å²) in [6, 6.07) is 19.5. The fraction of sp³-hybridized carbons (Fsp3) is 0.259. The molecule has 180 valence electrons. The SMILES string of the molecule is O=C(COCc1ccccc1)N1CCC[C@H]1c1nc2cc(-c3ccccc3C(F)(F)F)ccc2o1. The number of oxazole rings is 1. The monoisotopic (exact) mass is 480 g/mol. The number of carbonyl (C=O) groups is 1. The zero-order valence-corrected chi connectivity index (χ0v) is 18.8. The number of nitrogens with zero attached hydrogens (tertiary/aromatic N) is 2. The van der Waals surface area contributed by atoms with E-state index >= 15 is 0 Å². The van der Waals surface area contributed by atoms with Crippen molar-refractivity contribution in [1.82, 2.24) is 9.88 Å². The van der Waals surface area contributed by atoms with Gasteiger partial charge in [0.05, 0.1) is 12.2 Å². The van der Waals surface area contributed by atoms with Gasteiger partial charge in [-0.1, -0.05) is 54.6 Å². The Morgan fingerprint density at radius 2 is 1.83 bits per heavy atom. The van der Waals surface area contributed by atoms with E-state index in [2.05, 4.69) is 4.98 Å². The van der Waals surface area contributed by atoms with Gasteiger partial charge < -0.3 is 14.1 Å². The first-order valence-electron chi connectivity index (χ1n) is 11.4. The molecule has 2 heterocycles. The van der Waals surface area contributed by atoms with Crippen LogP contribution in [0.1, 0.15) is 35.9 Å². The largest absolute Gasteiger partial charge is 0.438 e. The third-order valence-corrected chi connectivity index (χ3v) is 6.14. The maximum atomic E-state index is 13.5. The van der Waals surface area contributed by atoms with Crippen molar-refractivity contribution < 1.29 is 27.1 Å². The fourth-order valence-electron chi connectivity index (χ4n) is 4.47. The molecule has 0 saturated carbocycles. The molecule has 0 N–H and O–H groups in total. The Morgan fingerprint density at radius 3 is 2.63 bits per heavy atom. The highest BCUT2D eigenvalue weighted by molar-refractivity contribution is 5.82. The number of likely N-dealkylation sites (tertiary alicyclic amines) is 1. The minimum atomic E-state index is -4.46. The number of carbonyl (C=O) groups excluding carboxylic acids is 1. The lowest BCUT2D eigenvalue weighted by atomic mass is 9.99. The summed E-state index contributed by atoms with van der Waals surface area (Å²) in [6.45, 7) is 0.862. The molecule has 5 nitrogen and oxygen atoms in total. The van der Waals surface area contributed by atoms with E-state index in [-0.39, 0.29) is 24.1 Å². The minimum Gasteiger partial charge on any atom is -0.438 e. The molecule has 35 heavy (non-hydrogen) atoms. The Balaban J connectivity index is 1.34. The lowest BCUT2D eigenvalue weighted by Crippen LogP contribution is -2.33. The summed E-state index contributed by atoms with van der Waals surface area (Å²) in [5.74, 6) is 0.237. The van der Waals surface area contributed by atoms with Crippen LogP contribution in [0, 0.1) is 0 Å². The summed E-state index contributed by atoms with van der Waals surface area (Å²) in [5.41, 5.74) is 1.69. The summed E-state index contributed by atoms with van der Waals surface area (Å²) < 4.78 is 52.0. The number of halogens is 3. The van der Waals surface area contributed by atoms with E-state index in [0.717, 1.165) is 18.1 Å². The first-order chi connectivity index (χ1) is 16.9. The second-order valence-corrected chi connectivity index (χ2v) is 8.50. The number of alkyl halides is 3. The highest BCUT2D eigenvalue weighted by Gasteiger charge is 2.35. The molecule has 1 amide bonds. The highest BCUT2D eigenvalue weighted by Crippen LogP contribution is 2.38. The van der Waals surface area contributed by atoms with Gasteiger partial charge in [-0.2, -0.15) is 13.2 Å². The number of hydrogen-bond donors (Lipinski definition) is 0. The van der Waals surface area contributed by atoms with Gasteiger partial charge in [0.1, 0.15) is 18.2 Å². The van der Waals surface area contributed by atoms with Crippen molar-refractivity contribution in [3.63, 3.8) is 0 Å². The van der Waals surface area contributed by atoms with Gasteiger partial charge >= 0.3 is 6.18 Å².